The third-order valence-electron chi connectivity index (χ3n) is 10.4. The summed E-state index contributed by atoms with van der Waals surface area (Å²) in [5.41, 5.74) is 9.48. The molecule has 0 aliphatic carbocycles. The molecular weight excluding hydrogens is 723 g/mol. The average molecular weight is 754 g/mol. The van der Waals surface area contributed by atoms with Gasteiger partial charge in [-0.25, -0.2) is 15.0 Å². The maximum absolute atomic E-state index is 5.48. The summed E-state index contributed by atoms with van der Waals surface area (Å²) in [5.74, 6) is 1.91. The molecule has 11 rings (SSSR count). The lowest BCUT2D eigenvalue weighted by molar-refractivity contribution is 0.833. The molecule has 56 heavy (non-hydrogen) atoms. The lowest BCUT2D eigenvalue weighted by Gasteiger charge is -2.24. The number of hydrogen-bond acceptors (Lipinski definition) is 7. The van der Waals surface area contributed by atoms with Crippen LogP contribution in [0.3, 0.4) is 0 Å². The van der Waals surface area contributed by atoms with Crippen LogP contribution in [0, 0.1) is 0 Å². The maximum Gasteiger partial charge on any atom is 0.164 e. The Morgan fingerprint density at radius 2 is 1.02 bits per heavy atom. The largest absolute Gasteiger partial charge is 0.358 e. The van der Waals surface area contributed by atoms with E-state index in [-0.39, 0.29) is 6.17 Å². The van der Waals surface area contributed by atoms with Gasteiger partial charge in [0, 0.05) is 52.5 Å². The van der Waals surface area contributed by atoms with Gasteiger partial charge in [-0.1, -0.05) is 140 Å². The Hall–Kier alpha value is -6.80. The van der Waals surface area contributed by atoms with Crippen LogP contribution in [0.15, 0.2) is 181 Å². The fourth-order valence-corrected chi connectivity index (χ4v) is 9.97. The summed E-state index contributed by atoms with van der Waals surface area (Å²) in [6.07, 6.45) is -0.215. The van der Waals surface area contributed by atoms with Crippen molar-refractivity contribution >= 4 is 64.3 Å². The number of benzene rings is 7. The molecule has 0 amide bonds. The molecule has 4 heterocycles. The molecule has 0 radical (unpaired) electrons. The van der Waals surface area contributed by atoms with Gasteiger partial charge in [0.15, 0.2) is 17.5 Å². The summed E-state index contributed by atoms with van der Waals surface area (Å²) in [4.78, 5) is 22.0. The number of fused-ring (bicyclic) bond motifs is 6. The maximum atomic E-state index is 5.48. The van der Waals surface area contributed by atoms with Gasteiger partial charge in [0.2, 0.25) is 0 Å². The van der Waals surface area contributed by atoms with Crippen molar-refractivity contribution < 1.29 is 0 Å². The first-order valence-corrected chi connectivity index (χ1v) is 20.2. The van der Waals surface area contributed by atoms with Crippen molar-refractivity contribution in [2.45, 2.75) is 6.17 Å². The van der Waals surface area contributed by atoms with E-state index in [1.165, 1.54) is 24.9 Å². The van der Waals surface area contributed by atoms with Crippen molar-refractivity contribution in [1.82, 2.24) is 15.0 Å². The van der Waals surface area contributed by atoms with Gasteiger partial charge in [-0.05, 0) is 53.1 Å². The van der Waals surface area contributed by atoms with Gasteiger partial charge < -0.3 is 5.32 Å². The number of rotatable bonds is 6. The van der Waals surface area contributed by atoms with Crippen LogP contribution in [0.2, 0.25) is 0 Å². The summed E-state index contributed by atoms with van der Waals surface area (Å²) >= 11 is 3.60. The van der Waals surface area contributed by atoms with E-state index in [1.54, 1.807) is 22.7 Å². The summed E-state index contributed by atoms with van der Waals surface area (Å²) < 4.78 is 3.66. The number of aliphatic imine (C=N–C) groups is 1. The zero-order chi connectivity index (χ0) is 37.0. The topological polar surface area (TPSA) is 63.1 Å². The Labute approximate surface area is 331 Å². The quantitative estimate of drug-likeness (QED) is 0.184. The molecule has 1 N–H and O–H groups in total. The molecule has 3 aromatic heterocycles. The lowest BCUT2D eigenvalue weighted by Crippen LogP contribution is -2.19. The van der Waals surface area contributed by atoms with Gasteiger partial charge in [-0.2, -0.15) is 0 Å². The van der Waals surface area contributed by atoms with Gasteiger partial charge in [0.1, 0.15) is 6.17 Å². The van der Waals surface area contributed by atoms with E-state index in [9.17, 15) is 0 Å². The second kappa shape index (κ2) is 13.5. The monoisotopic (exact) mass is 753 g/mol. The first-order chi connectivity index (χ1) is 27.7. The first-order valence-electron chi connectivity index (χ1n) is 18.6. The van der Waals surface area contributed by atoms with Crippen molar-refractivity contribution in [1.29, 1.82) is 0 Å². The summed E-state index contributed by atoms with van der Waals surface area (Å²) in [6, 6.07) is 61.4. The van der Waals surface area contributed by atoms with Crippen LogP contribution in [0.25, 0.3) is 75.5 Å². The Kier molecular flexibility index (Phi) is 7.86. The molecule has 0 spiro atoms. The zero-order valence-electron chi connectivity index (χ0n) is 29.9. The molecule has 264 valence electrons. The number of nitrogens with one attached hydrogen (secondary N) is 1. The van der Waals surface area contributed by atoms with E-state index in [2.05, 4.69) is 157 Å². The predicted octanol–water partition coefficient (Wildman–Crippen LogP) is 13.1. The van der Waals surface area contributed by atoms with Crippen LogP contribution in [-0.4, -0.2) is 20.7 Å². The van der Waals surface area contributed by atoms with Gasteiger partial charge in [-0.3, -0.25) is 4.99 Å². The number of thiophene rings is 2. The highest BCUT2D eigenvalue weighted by Gasteiger charge is 2.28. The average Bonchev–Trinajstić information content (AvgIpc) is 3.85. The first kappa shape index (κ1) is 32.6. The Morgan fingerprint density at radius 3 is 1.80 bits per heavy atom. The molecular formula is C49H31N5S2. The highest BCUT2D eigenvalue weighted by molar-refractivity contribution is 7.26. The lowest BCUT2D eigenvalue weighted by atomic mass is 9.97. The second-order valence-corrected chi connectivity index (χ2v) is 16.0. The second-order valence-electron chi connectivity index (χ2n) is 13.8. The number of nitrogens with zero attached hydrogens (tertiary/aromatic N) is 4. The van der Waals surface area contributed by atoms with Crippen molar-refractivity contribution in [3.63, 3.8) is 0 Å². The molecule has 0 fully saturated rings. The molecule has 1 aliphatic heterocycles. The van der Waals surface area contributed by atoms with Crippen molar-refractivity contribution in [2.24, 2.45) is 4.99 Å². The van der Waals surface area contributed by atoms with E-state index in [0.717, 1.165) is 60.6 Å². The normalized spacial score (nSPS) is 13.8. The fraction of sp³-hybridized carbons (Fsp3) is 0.0204. The molecule has 0 saturated heterocycles. The molecule has 1 atom stereocenters. The summed E-state index contributed by atoms with van der Waals surface area (Å²) in [6.45, 7) is 0. The van der Waals surface area contributed by atoms with Crippen molar-refractivity contribution in [3.05, 3.63) is 192 Å². The zero-order valence-corrected chi connectivity index (χ0v) is 31.6. The van der Waals surface area contributed by atoms with Crippen molar-refractivity contribution in [3.8, 4) is 45.3 Å². The van der Waals surface area contributed by atoms with Gasteiger partial charge >= 0.3 is 0 Å². The molecule has 7 heteroatoms. The minimum absolute atomic E-state index is 0.215. The van der Waals surface area contributed by atoms with Crippen LogP contribution in [0.5, 0.6) is 0 Å². The highest BCUT2D eigenvalue weighted by Crippen LogP contribution is 2.45. The Balaban J connectivity index is 1.10. The standard InChI is InChI=1S/C49H31N5S2/c1-4-14-30(15-5-1)33-20-12-21-34(28-33)48-52-47(32-18-8-3-9-19-32)53-49(54-48)35-26-27-40-38(29-35)42-37(23-13-25-41(42)55-40)44-45-43(36-22-10-11-24-39(36)56-45)50-46(51-44)31-16-6-2-7-17-31/h1-29,46,50H. The molecule has 1 aliphatic rings. The van der Waals surface area contributed by atoms with Crippen molar-refractivity contribution in [2.75, 3.05) is 5.32 Å². The third-order valence-corrected chi connectivity index (χ3v) is 12.7. The van der Waals surface area contributed by atoms with E-state index < -0.39 is 0 Å². The van der Waals surface area contributed by atoms with E-state index in [4.69, 9.17) is 19.9 Å². The molecule has 0 saturated carbocycles. The summed E-state index contributed by atoms with van der Waals surface area (Å²) in [7, 11) is 0. The summed E-state index contributed by atoms with van der Waals surface area (Å²) in [5, 5.41) is 7.37. The van der Waals surface area contributed by atoms with E-state index in [1.807, 2.05) is 24.3 Å². The Morgan fingerprint density at radius 1 is 0.429 bits per heavy atom. The molecule has 1 unspecified atom stereocenters. The third kappa shape index (κ3) is 5.68. The van der Waals surface area contributed by atoms with Crippen LogP contribution >= 0.6 is 22.7 Å². The van der Waals surface area contributed by atoms with Crippen LogP contribution in [0.4, 0.5) is 5.69 Å². The SMILES string of the molecule is c1ccc(-c2cccc(-c3nc(-c4ccccc4)nc(-c4ccc5sc6cccc(C7=NC(c8ccccc8)Nc8c7sc7ccccc87)c6c5c4)n3)c2)cc1. The Bertz CT molecular complexity index is 3120. The minimum atomic E-state index is -0.215. The number of aromatic nitrogens is 3. The fourth-order valence-electron chi connectivity index (χ4n) is 7.68. The minimum Gasteiger partial charge on any atom is -0.358 e. The van der Waals surface area contributed by atoms with Crippen LogP contribution < -0.4 is 5.32 Å². The predicted molar refractivity (Wildman–Crippen MR) is 235 cm³/mol. The van der Waals surface area contributed by atoms with Gasteiger partial charge in [-0.15, -0.1) is 22.7 Å². The van der Waals surface area contributed by atoms with E-state index in [0.29, 0.717) is 17.5 Å². The van der Waals surface area contributed by atoms with Gasteiger partial charge in [0.25, 0.3) is 0 Å². The molecule has 10 aromatic rings. The highest BCUT2D eigenvalue weighted by atomic mass is 32.1. The molecule has 7 aromatic carbocycles. The van der Waals surface area contributed by atoms with Crippen LogP contribution in [-0.2, 0) is 0 Å². The number of anilines is 1. The van der Waals surface area contributed by atoms with Gasteiger partial charge in [0.05, 0.1) is 16.3 Å². The van der Waals surface area contributed by atoms with E-state index >= 15 is 0 Å². The van der Waals surface area contributed by atoms with Crippen LogP contribution in [0.1, 0.15) is 22.2 Å². The molecule has 0 bridgehead atoms. The molecule has 5 nitrogen and oxygen atoms in total. The number of hydrogen-bond donors (Lipinski definition) is 1. The smallest absolute Gasteiger partial charge is 0.164 e.